The lowest BCUT2D eigenvalue weighted by molar-refractivity contribution is 0.373. The SMILES string of the molecule is CCCCc1noc(CN2c3ccccc3N(Cc3nc(CCCC)no3)S2(=O)=O)n1. The molecule has 31 heavy (non-hydrogen) atoms. The number of hydrogen-bond donors (Lipinski definition) is 0. The van der Waals surface area contributed by atoms with Crippen LogP contribution in [0.4, 0.5) is 11.4 Å². The van der Waals surface area contributed by atoms with Gasteiger partial charge in [-0.15, -0.1) is 0 Å². The molecule has 0 amide bonds. The van der Waals surface area contributed by atoms with Gasteiger partial charge in [0.25, 0.3) is 0 Å². The predicted octanol–water partition coefficient (Wildman–Crippen LogP) is 3.41. The van der Waals surface area contributed by atoms with E-state index in [0.717, 1.165) is 25.7 Å². The molecule has 0 aliphatic carbocycles. The van der Waals surface area contributed by atoms with E-state index in [4.69, 9.17) is 9.05 Å². The van der Waals surface area contributed by atoms with Crippen molar-refractivity contribution in [3.8, 4) is 0 Å². The van der Waals surface area contributed by atoms with Crippen molar-refractivity contribution in [2.75, 3.05) is 8.61 Å². The van der Waals surface area contributed by atoms with E-state index in [9.17, 15) is 8.42 Å². The Morgan fingerprint density at radius 2 is 1.26 bits per heavy atom. The summed E-state index contributed by atoms with van der Waals surface area (Å²) in [6.07, 6.45) is 5.33. The quantitative estimate of drug-likeness (QED) is 0.465. The predicted molar refractivity (Wildman–Crippen MR) is 114 cm³/mol. The molecule has 2 aromatic heterocycles. The van der Waals surface area contributed by atoms with Gasteiger partial charge in [0, 0.05) is 12.8 Å². The standard InChI is InChI=1S/C20H26N6O4S/c1-3-5-11-17-21-19(29-23-17)13-25-15-9-7-8-10-16(15)26(31(25,27)28)14-20-22-18(24-30-20)12-6-4-2/h7-10H,3-6,11-14H2,1-2H3. The van der Waals surface area contributed by atoms with E-state index in [-0.39, 0.29) is 24.9 Å². The van der Waals surface area contributed by atoms with E-state index in [1.807, 2.05) is 0 Å². The molecular formula is C20H26N6O4S. The monoisotopic (exact) mass is 446 g/mol. The van der Waals surface area contributed by atoms with Crippen LogP contribution >= 0.6 is 0 Å². The van der Waals surface area contributed by atoms with Crippen LogP contribution in [0.25, 0.3) is 0 Å². The molecule has 0 spiro atoms. The Labute approximate surface area is 181 Å². The van der Waals surface area contributed by atoms with Gasteiger partial charge in [0.15, 0.2) is 11.6 Å². The first-order valence-electron chi connectivity index (χ1n) is 10.5. The highest BCUT2D eigenvalue weighted by Gasteiger charge is 2.41. The van der Waals surface area contributed by atoms with Gasteiger partial charge >= 0.3 is 10.2 Å². The van der Waals surface area contributed by atoms with Crippen LogP contribution in [0.3, 0.4) is 0 Å². The molecule has 11 heteroatoms. The van der Waals surface area contributed by atoms with Crippen molar-refractivity contribution in [1.29, 1.82) is 0 Å². The Bertz CT molecular complexity index is 1040. The van der Waals surface area contributed by atoms with Crippen LogP contribution in [0.2, 0.25) is 0 Å². The third kappa shape index (κ3) is 4.41. The van der Waals surface area contributed by atoms with Crippen LogP contribution in [0, 0.1) is 0 Å². The van der Waals surface area contributed by atoms with Gasteiger partial charge in [0.05, 0.1) is 11.4 Å². The molecule has 0 saturated carbocycles. The molecule has 3 aromatic rings. The Morgan fingerprint density at radius 3 is 1.68 bits per heavy atom. The molecular weight excluding hydrogens is 420 g/mol. The van der Waals surface area contributed by atoms with Crippen molar-refractivity contribution in [3.63, 3.8) is 0 Å². The second-order valence-electron chi connectivity index (χ2n) is 7.43. The maximum atomic E-state index is 13.4. The summed E-state index contributed by atoms with van der Waals surface area (Å²) in [5, 5.41) is 7.92. The maximum absolute atomic E-state index is 13.4. The fraction of sp³-hybridized carbons (Fsp3) is 0.500. The molecule has 0 bridgehead atoms. The minimum absolute atomic E-state index is 0.0411. The summed E-state index contributed by atoms with van der Waals surface area (Å²) in [6, 6.07) is 7.09. The fourth-order valence-corrected chi connectivity index (χ4v) is 5.01. The highest BCUT2D eigenvalue weighted by atomic mass is 32.2. The molecule has 3 heterocycles. The van der Waals surface area contributed by atoms with Crippen molar-refractivity contribution in [3.05, 3.63) is 47.7 Å². The molecule has 0 radical (unpaired) electrons. The van der Waals surface area contributed by atoms with Crippen LogP contribution < -0.4 is 8.61 Å². The molecule has 10 nitrogen and oxygen atoms in total. The van der Waals surface area contributed by atoms with Crippen LogP contribution in [-0.2, 0) is 36.1 Å². The van der Waals surface area contributed by atoms with Crippen molar-refractivity contribution < 1.29 is 17.5 Å². The van der Waals surface area contributed by atoms with Gasteiger partial charge < -0.3 is 9.05 Å². The zero-order chi connectivity index (χ0) is 21.8. The van der Waals surface area contributed by atoms with Gasteiger partial charge in [0.2, 0.25) is 11.8 Å². The molecule has 4 rings (SSSR count). The van der Waals surface area contributed by atoms with E-state index in [1.54, 1.807) is 24.3 Å². The number of nitrogens with zero attached hydrogens (tertiary/aromatic N) is 6. The van der Waals surface area contributed by atoms with Crippen LogP contribution in [0.5, 0.6) is 0 Å². The van der Waals surface area contributed by atoms with E-state index in [1.165, 1.54) is 8.61 Å². The lowest BCUT2D eigenvalue weighted by Crippen LogP contribution is -2.37. The van der Waals surface area contributed by atoms with Gasteiger partial charge in [-0.1, -0.05) is 49.1 Å². The van der Waals surface area contributed by atoms with E-state index in [2.05, 4.69) is 34.1 Å². The topological polar surface area (TPSA) is 118 Å². The fourth-order valence-electron chi connectivity index (χ4n) is 3.41. The molecule has 166 valence electrons. The number of rotatable bonds is 10. The molecule has 0 saturated heterocycles. The molecule has 1 aromatic carbocycles. The van der Waals surface area contributed by atoms with Gasteiger partial charge in [-0.3, -0.25) is 0 Å². The number of anilines is 2. The summed E-state index contributed by atoms with van der Waals surface area (Å²) in [7, 11) is -3.89. The summed E-state index contributed by atoms with van der Waals surface area (Å²) in [5.41, 5.74) is 1.09. The molecule has 1 aliphatic rings. The van der Waals surface area contributed by atoms with Gasteiger partial charge in [-0.25, -0.2) is 8.61 Å². The van der Waals surface area contributed by atoms with Crippen molar-refractivity contribution in [2.45, 2.75) is 65.5 Å². The molecule has 0 atom stereocenters. The summed E-state index contributed by atoms with van der Waals surface area (Å²) in [4.78, 5) is 8.69. The summed E-state index contributed by atoms with van der Waals surface area (Å²) in [6.45, 7) is 4.08. The van der Waals surface area contributed by atoms with Crippen molar-refractivity contribution in [1.82, 2.24) is 20.3 Å². The highest BCUT2D eigenvalue weighted by Crippen LogP contribution is 2.42. The Morgan fingerprint density at radius 1 is 0.806 bits per heavy atom. The lowest BCUT2D eigenvalue weighted by Gasteiger charge is -2.19. The number of hydrogen-bond acceptors (Lipinski definition) is 8. The van der Waals surface area contributed by atoms with Gasteiger partial charge in [-0.05, 0) is 25.0 Å². The maximum Gasteiger partial charge on any atom is 0.327 e. The molecule has 0 unspecified atom stereocenters. The van der Waals surface area contributed by atoms with Crippen molar-refractivity contribution >= 4 is 21.6 Å². The Hall–Kier alpha value is -2.95. The van der Waals surface area contributed by atoms with E-state index in [0.29, 0.717) is 35.9 Å². The first-order chi connectivity index (χ1) is 15.0. The lowest BCUT2D eigenvalue weighted by atomic mass is 10.2. The number of para-hydroxylation sites is 2. The Balaban J connectivity index is 1.57. The van der Waals surface area contributed by atoms with Crippen LogP contribution in [-0.4, -0.2) is 28.7 Å². The Kier molecular flexibility index (Phi) is 6.21. The second kappa shape index (κ2) is 9.04. The third-order valence-corrected chi connectivity index (χ3v) is 6.83. The zero-order valence-corrected chi connectivity index (χ0v) is 18.5. The summed E-state index contributed by atoms with van der Waals surface area (Å²) < 4.78 is 39.9. The average Bonchev–Trinajstić information content (AvgIpc) is 3.46. The van der Waals surface area contributed by atoms with E-state index >= 15 is 0 Å². The molecule has 0 N–H and O–H groups in total. The summed E-state index contributed by atoms with van der Waals surface area (Å²) >= 11 is 0. The van der Waals surface area contributed by atoms with E-state index < -0.39 is 10.2 Å². The normalized spacial score (nSPS) is 14.9. The first-order valence-corrected chi connectivity index (χ1v) is 11.9. The number of fused-ring (bicyclic) bond motifs is 1. The number of benzene rings is 1. The number of aromatic nitrogens is 4. The number of aryl methyl sites for hydroxylation is 2. The van der Waals surface area contributed by atoms with Crippen molar-refractivity contribution in [2.24, 2.45) is 0 Å². The molecule has 0 fully saturated rings. The smallest absolute Gasteiger partial charge is 0.327 e. The second-order valence-corrected chi connectivity index (χ2v) is 9.20. The van der Waals surface area contributed by atoms with Crippen LogP contribution in [0.15, 0.2) is 33.3 Å². The van der Waals surface area contributed by atoms with Crippen LogP contribution in [0.1, 0.15) is 63.0 Å². The first kappa shape index (κ1) is 21.3. The largest absolute Gasteiger partial charge is 0.337 e. The van der Waals surface area contributed by atoms with Gasteiger partial charge in [0.1, 0.15) is 13.1 Å². The minimum atomic E-state index is -3.89. The summed E-state index contributed by atoms with van der Waals surface area (Å²) in [5.74, 6) is 1.69. The number of unbranched alkanes of at least 4 members (excludes halogenated alkanes) is 2. The third-order valence-electron chi connectivity index (χ3n) is 5.06. The zero-order valence-electron chi connectivity index (χ0n) is 17.7. The average molecular weight is 447 g/mol. The molecule has 1 aliphatic heterocycles. The van der Waals surface area contributed by atoms with Gasteiger partial charge in [-0.2, -0.15) is 18.4 Å². The highest BCUT2D eigenvalue weighted by molar-refractivity contribution is 7.94. The minimum Gasteiger partial charge on any atom is -0.337 e.